The highest BCUT2D eigenvalue weighted by molar-refractivity contribution is 6.03. The average molecular weight is 402 g/mol. The van der Waals surface area contributed by atoms with Gasteiger partial charge < -0.3 is 34.3 Å². The number of carbonyl (C=O) groups excluding carboxylic acids is 3. The first-order valence-corrected chi connectivity index (χ1v) is 8.31. The third kappa shape index (κ3) is 2.53. The number of rotatable bonds is 3. The van der Waals surface area contributed by atoms with Gasteiger partial charge in [-0.3, -0.25) is 4.79 Å². The average Bonchev–Trinajstić information content (AvgIpc) is 2.85. The fourth-order valence-electron chi connectivity index (χ4n) is 3.41. The SMILES string of the molecule is COCc1c(O)c2c(c3c1OC(=O)c1c(C)cc(O)c(C=O)c1O3)[C@@H](O)OC2=O. The van der Waals surface area contributed by atoms with Gasteiger partial charge in [-0.2, -0.15) is 0 Å². The number of carbonyl (C=O) groups is 3. The summed E-state index contributed by atoms with van der Waals surface area (Å²) in [5, 5.41) is 30.8. The summed E-state index contributed by atoms with van der Waals surface area (Å²) in [5.41, 5.74) is -0.971. The molecule has 2 aromatic rings. The van der Waals surface area contributed by atoms with Crippen LogP contribution >= 0.6 is 0 Å². The molecule has 0 bridgehead atoms. The second-order valence-corrected chi connectivity index (χ2v) is 6.40. The first kappa shape index (κ1) is 18.7. The maximum absolute atomic E-state index is 12.8. The van der Waals surface area contributed by atoms with Crippen molar-refractivity contribution in [1.82, 2.24) is 0 Å². The largest absolute Gasteiger partial charge is 0.507 e. The van der Waals surface area contributed by atoms with Crippen molar-refractivity contribution in [2.24, 2.45) is 0 Å². The third-order valence-electron chi connectivity index (χ3n) is 4.69. The summed E-state index contributed by atoms with van der Waals surface area (Å²) in [6.45, 7) is 1.22. The quantitative estimate of drug-likeness (QED) is 0.394. The molecule has 0 unspecified atom stereocenters. The number of aldehydes is 1. The van der Waals surface area contributed by atoms with Gasteiger partial charge in [0.05, 0.1) is 23.3 Å². The first-order chi connectivity index (χ1) is 13.8. The summed E-state index contributed by atoms with van der Waals surface area (Å²) in [6, 6.07) is 1.20. The Morgan fingerprint density at radius 1 is 1.10 bits per heavy atom. The highest BCUT2D eigenvalue weighted by atomic mass is 16.6. The Hall–Kier alpha value is -3.63. The lowest BCUT2D eigenvalue weighted by atomic mass is 10.0. The zero-order valence-electron chi connectivity index (χ0n) is 15.1. The van der Waals surface area contributed by atoms with Crippen LogP contribution in [0.1, 0.15) is 54.1 Å². The summed E-state index contributed by atoms with van der Waals surface area (Å²) in [7, 11) is 1.31. The molecule has 0 aromatic heterocycles. The van der Waals surface area contributed by atoms with E-state index in [2.05, 4.69) is 0 Å². The molecule has 0 fully saturated rings. The van der Waals surface area contributed by atoms with E-state index in [9.17, 15) is 29.7 Å². The summed E-state index contributed by atoms with van der Waals surface area (Å²) in [6.07, 6.45) is -1.52. The number of benzene rings is 2. The van der Waals surface area contributed by atoms with E-state index < -0.39 is 29.7 Å². The summed E-state index contributed by atoms with van der Waals surface area (Å²) < 4.78 is 20.9. The number of ether oxygens (including phenoxy) is 4. The topological polar surface area (TPSA) is 149 Å². The van der Waals surface area contributed by atoms with E-state index in [0.717, 1.165) is 0 Å². The molecular weight excluding hydrogens is 388 g/mol. The summed E-state index contributed by atoms with van der Waals surface area (Å²) in [4.78, 5) is 36.5. The van der Waals surface area contributed by atoms with Gasteiger partial charge in [-0.15, -0.1) is 0 Å². The standard InChI is InChI=1S/C19H14O10/c1-6-3-9(21)7(4-20)14-10(6)17(23)28-15-8(5-26-2)13(22)11-12(16(15)27-14)19(25)29-18(11)24/h3-4,19,21-22,25H,5H2,1-2H3/t19-/m0/s1. The van der Waals surface area contributed by atoms with Gasteiger partial charge in [0.2, 0.25) is 6.29 Å². The number of hydrogen-bond donors (Lipinski definition) is 3. The van der Waals surface area contributed by atoms with Crippen molar-refractivity contribution in [3.63, 3.8) is 0 Å². The second-order valence-electron chi connectivity index (χ2n) is 6.40. The number of methoxy groups -OCH3 is 1. The van der Waals surface area contributed by atoms with Crippen LogP contribution in [0, 0.1) is 6.92 Å². The summed E-state index contributed by atoms with van der Waals surface area (Å²) >= 11 is 0. The Labute approximate surface area is 162 Å². The highest BCUT2D eigenvalue weighted by Crippen LogP contribution is 2.54. The molecule has 0 amide bonds. The smallest absolute Gasteiger partial charge is 0.347 e. The third-order valence-corrected chi connectivity index (χ3v) is 4.69. The maximum Gasteiger partial charge on any atom is 0.347 e. The van der Waals surface area contributed by atoms with E-state index in [4.69, 9.17) is 18.9 Å². The Balaban J connectivity index is 2.10. The van der Waals surface area contributed by atoms with Crippen molar-refractivity contribution in [3.05, 3.63) is 39.4 Å². The second kappa shape index (κ2) is 6.47. The molecule has 3 N–H and O–H groups in total. The Morgan fingerprint density at radius 2 is 1.83 bits per heavy atom. The molecule has 2 aliphatic heterocycles. The van der Waals surface area contributed by atoms with Gasteiger partial charge in [0.25, 0.3) is 0 Å². The minimum absolute atomic E-state index is 0.0945. The van der Waals surface area contributed by atoms with Crippen LogP contribution in [0.15, 0.2) is 6.07 Å². The highest BCUT2D eigenvalue weighted by Gasteiger charge is 2.43. The van der Waals surface area contributed by atoms with Crippen LogP contribution in [0.2, 0.25) is 0 Å². The number of aliphatic hydroxyl groups excluding tert-OH is 1. The van der Waals surface area contributed by atoms with Crippen molar-refractivity contribution in [2.45, 2.75) is 19.8 Å². The molecule has 0 spiro atoms. The van der Waals surface area contributed by atoms with Crippen LogP contribution in [0.25, 0.3) is 0 Å². The van der Waals surface area contributed by atoms with Gasteiger partial charge >= 0.3 is 11.9 Å². The van der Waals surface area contributed by atoms with E-state index in [1.165, 1.54) is 20.1 Å². The number of hydrogen-bond acceptors (Lipinski definition) is 10. The molecule has 0 saturated carbocycles. The molecular formula is C19H14O10. The first-order valence-electron chi connectivity index (χ1n) is 8.31. The van der Waals surface area contributed by atoms with Crippen molar-refractivity contribution in [3.8, 4) is 28.7 Å². The molecule has 2 heterocycles. The van der Waals surface area contributed by atoms with E-state index in [1.54, 1.807) is 0 Å². The van der Waals surface area contributed by atoms with Crippen LogP contribution in [-0.2, 0) is 16.1 Å². The van der Waals surface area contributed by atoms with Crippen LogP contribution < -0.4 is 9.47 Å². The maximum atomic E-state index is 12.8. The minimum atomic E-state index is -1.81. The van der Waals surface area contributed by atoms with Crippen molar-refractivity contribution in [2.75, 3.05) is 7.11 Å². The Bertz CT molecular complexity index is 1100. The number of esters is 2. The Morgan fingerprint density at radius 3 is 2.48 bits per heavy atom. The Kier molecular flexibility index (Phi) is 4.17. The molecule has 2 aromatic carbocycles. The van der Waals surface area contributed by atoms with E-state index in [1.807, 2.05) is 0 Å². The number of fused-ring (bicyclic) bond motifs is 4. The predicted octanol–water partition coefficient (Wildman–Crippen LogP) is 1.85. The zero-order valence-corrected chi connectivity index (χ0v) is 15.1. The van der Waals surface area contributed by atoms with Crippen LogP contribution in [0.4, 0.5) is 0 Å². The zero-order chi connectivity index (χ0) is 21.0. The molecule has 0 radical (unpaired) electrons. The lowest BCUT2D eigenvalue weighted by molar-refractivity contribution is -0.0555. The van der Waals surface area contributed by atoms with Gasteiger partial charge in [0.15, 0.2) is 23.5 Å². The molecule has 29 heavy (non-hydrogen) atoms. The molecule has 1 atom stereocenters. The number of phenolic OH excluding ortho intramolecular Hbond substituents is 2. The van der Waals surface area contributed by atoms with Crippen molar-refractivity contribution >= 4 is 18.2 Å². The van der Waals surface area contributed by atoms with Crippen molar-refractivity contribution < 1.29 is 48.7 Å². The molecule has 0 saturated heterocycles. The number of phenols is 2. The number of aromatic hydroxyl groups is 2. The van der Waals surface area contributed by atoms with Crippen LogP contribution in [-0.4, -0.2) is 40.7 Å². The van der Waals surface area contributed by atoms with Gasteiger partial charge in [0, 0.05) is 7.11 Å². The molecule has 2 aliphatic rings. The predicted molar refractivity (Wildman–Crippen MR) is 92.5 cm³/mol. The molecule has 4 rings (SSSR count). The number of aryl methyl sites for hydroxylation is 1. The summed E-state index contributed by atoms with van der Waals surface area (Å²) in [5.74, 6) is -3.93. The lowest BCUT2D eigenvalue weighted by Gasteiger charge is -2.17. The van der Waals surface area contributed by atoms with E-state index >= 15 is 0 Å². The normalized spacial score (nSPS) is 16.7. The molecule has 10 heteroatoms. The van der Waals surface area contributed by atoms with Gasteiger partial charge in [-0.25, -0.2) is 9.59 Å². The molecule has 150 valence electrons. The lowest BCUT2D eigenvalue weighted by Crippen LogP contribution is -2.11. The molecule has 0 aliphatic carbocycles. The van der Waals surface area contributed by atoms with Gasteiger partial charge in [0.1, 0.15) is 22.6 Å². The van der Waals surface area contributed by atoms with Crippen LogP contribution in [0.3, 0.4) is 0 Å². The van der Waals surface area contributed by atoms with Crippen molar-refractivity contribution in [1.29, 1.82) is 0 Å². The fourth-order valence-corrected chi connectivity index (χ4v) is 3.41. The monoisotopic (exact) mass is 402 g/mol. The number of cyclic esters (lactones) is 1. The fraction of sp³-hybridized carbons (Fsp3) is 0.211. The van der Waals surface area contributed by atoms with E-state index in [0.29, 0.717) is 6.29 Å². The van der Waals surface area contributed by atoms with Gasteiger partial charge in [-0.05, 0) is 18.6 Å². The minimum Gasteiger partial charge on any atom is -0.507 e. The number of aliphatic hydroxyl groups is 1. The van der Waals surface area contributed by atoms with Crippen LogP contribution in [0.5, 0.6) is 28.7 Å². The van der Waals surface area contributed by atoms with Gasteiger partial charge in [-0.1, -0.05) is 0 Å². The molecule has 10 nitrogen and oxygen atoms in total. The van der Waals surface area contributed by atoms with E-state index in [-0.39, 0.29) is 57.2 Å².